The van der Waals surface area contributed by atoms with Gasteiger partial charge in [0.15, 0.2) is 0 Å². The van der Waals surface area contributed by atoms with Gasteiger partial charge in [-0.1, -0.05) is 12.1 Å². The molecule has 10 heteroatoms. The predicted molar refractivity (Wildman–Crippen MR) is 99.3 cm³/mol. The van der Waals surface area contributed by atoms with Crippen LogP contribution < -0.4 is 5.32 Å². The number of hydrogen-bond donors (Lipinski definition) is 1. The van der Waals surface area contributed by atoms with Crippen LogP contribution in [0.5, 0.6) is 0 Å². The van der Waals surface area contributed by atoms with Crippen LogP contribution in [-0.4, -0.2) is 30.4 Å². The van der Waals surface area contributed by atoms with Gasteiger partial charge in [-0.3, -0.25) is 24.3 Å². The van der Waals surface area contributed by atoms with Crippen molar-refractivity contribution in [1.82, 2.24) is 19.6 Å². The van der Waals surface area contributed by atoms with E-state index in [-0.39, 0.29) is 30.4 Å². The van der Waals surface area contributed by atoms with E-state index in [4.69, 9.17) is 0 Å². The summed E-state index contributed by atoms with van der Waals surface area (Å²) in [4.78, 5) is 22.7. The second-order valence-corrected chi connectivity index (χ2v) is 6.35. The zero-order valence-electron chi connectivity index (χ0n) is 15.4. The number of amides is 1. The fourth-order valence-corrected chi connectivity index (χ4v) is 2.94. The minimum absolute atomic E-state index is 0.0287. The van der Waals surface area contributed by atoms with Crippen molar-refractivity contribution in [3.8, 4) is 0 Å². The zero-order valence-corrected chi connectivity index (χ0v) is 15.4. The zero-order chi connectivity index (χ0) is 20.3. The highest BCUT2D eigenvalue weighted by Gasteiger charge is 2.21. The van der Waals surface area contributed by atoms with Crippen LogP contribution in [0, 0.1) is 29.8 Å². The average molecular weight is 386 g/mol. The minimum Gasteiger partial charge on any atom is -0.323 e. The monoisotopic (exact) mass is 386 g/mol. The molecule has 1 N–H and O–H groups in total. The molecule has 146 valence electrons. The van der Waals surface area contributed by atoms with Crippen molar-refractivity contribution in [1.29, 1.82) is 0 Å². The van der Waals surface area contributed by atoms with Crippen molar-refractivity contribution in [2.45, 2.75) is 33.4 Å². The van der Waals surface area contributed by atoms with Crippen molar-refractivity contribution >= 4 is 17.3 Å². The largest absolute Gasteiger partial charge is 0.323 e. The van der Waals surface area contributed by atoms with Gasteiger partial charge in [0.25, 0.3) is 0 Å². The number of anilines is 1. The normalized spacial score (nSPS) is 10.8. The molecule has 0 aliphatic carbocycles. The number of nitro groups is 1. The quantitative estimate of drug-likeness (QED) is 0.496. The predicted octanol–water partition coefficient (Wildman–Crippen LogP) is 2.82. The number of carbonyl (C=O) groups is 1. The molecule has 2 aromatic heterocycles. The highest BCUT2D eigenvalue weighted by Crippen LogP contribution is 2.22. The fraction of sp³-hybridized carbons (Fsp3) is 0.278. The Balaban J connectivity index is 1.57. The van der Waals surface area contributed by atoms with E-state index >= 15 is 0 Å². The molecule has 1 aromatic carbocycles. The number of nitrogens with one attached hydrogen (secondary N) is 1. The van der Waals surface area contributed by atoms with E-state index in [0.29, 0.717) is 23.6 Å². The number of rotatable bonds is 7. The summed E-state index contributed by atoms with van der Waals surface area (Å²) in [6, 6.07) is 6.21. The lowest BCUT2D eigenvalue weighted by atomic mass is 10.2. The Hall–Kier alpha value is -3.56. The van der Waals surface area contributed by atoms with Gasteiger partial charge in [0, 0.05) is 12.6 Å². The second-order valence-electron chi connectivity index (χ2n) is 6.35. The van der Waals surface area contributed by atoms with Crippen molar-refractivity contribution in [3.63, 3.8) is 0 Å². The lowest BCUT2D eigenvalue weighted by Crippen LogP contribution is -2.15. The standard InChI is InChI=1S/C18H19FN6O3/c1-12-18(25(27)28)13(2)24(22-12)7-6-17(26)21-16-9-20-23(11-16)10-14-4-3-5-15(19)8-14/h3-5,8-9,11H,6-7,10H2,1-2H3,(H,21,26). The first-order valence-electron chi connectivity index (χ1n) is 8.58. The first kappa shape index (κ1) is 19.2. The molecule has 0 aliphatic rings. The van der Waals surface area contributed by atoms with Gasteiger partial charge in [-0.05, 0) is 31.5 Å². The molecule has 9 nitrogen and oxygen atoms in total. The molecular formula is C18H19FN6O3. The molecule has 3 aromatic rings. The maximum Gasteiger partial charge on any atom is 0.312 e. The van der Waals surface area contributed by atoms with E-state index in [1.165, 1.54) is 23.0 Å². The lowest BCUT2D eigenvalue weighted by Gasteiger charge is -2.04. The number of aryl methyl sites for hydroxylation is 2. The molecule has 0 aliphatic heterocycles. The Labute approximate surface area is 159 Å². The molecule has 1 amide bonds. The molecule has 28 heavy (non-hydrogen) atoms. The number of hydrogen-bond acceptors (Lipinski definition) is 5. The minimum atomic E-state index is -0.471. The molecule has 0 spiro atoms. The molecule has 0 saturated heterocycles. The van der Waals surface area contributed by atoms with E-state index in [9.17, 15) is 19.3 Å². The fourth-order valence-electron chi connectivity index (χ4n) is 2.94. The Kier molecular flexibility index (Phi) is 5.48. The van der Waals surface area contributed by atoms with E-state index in [1.54, 1.807) is 36.9 Å². The third-order valence-corrected chi connectivity index (χ3v) is 4.23. The van der Waals surface area contributed by atoms with Gasteiger partial charge in [0.05, 0.1) is 29.9 Å². The van der Waals surface area contributed by atoms with Gasteiger partial charge in [0.2, 0.25) is 5.91 Å². The molecule has 0 saturated carbocycles. The Morgan fingerprint density at radius 1 is 1.36 bits per heavy atom. The van der Waals surface area contributed by atoms with E-state index in [2.05, 4.69) is 15.5 Å². The van der Waals surface area contributed by atoms with Crippen LogP contribution in [-0.2, 0) is 17.9 Å². The van der Waals surface area contributed by atoms with Crippen LogP contribution in [0.25, 0.3) is 0 Å². The Morgan fingerprint density at radius 3 is 2.82 bits per heavy atom. The molecule has 0 unspecified atom stereocenters. The van der Waals surface area contributed by atoms with Crippen molar-refractivity contribution in [2.24, 2.45) is 0 Å². The van der Waals surface area contributed by atoms with E-state index in [0.717, 1.165) is 5.56 Å². The molecule has 0 atom stereocenters. The highest BCUT2D eigenvalue weighted by atomic mass is 19.1. The molecule has 0 fully saturated rings. The van der Waals surface area contributed by atoms with Gasteiger partial charge >= 0.3 is 5.69 Å². The van der Waals surface area contributed by atoms with Crippen LogP contribution in [0.3, 0.4) is 0 Å². The Morgan fingerprint density at radius 2 is 2.14 bits per heavy atom. The topological polar surface area (TPSA) is 108 Å². The average Bonchev–Trinajstić information content (AvgIpc) is 3.16. The van der Waals surface area contributed by atoms with E-state index < -0.39 is 4.92 Å². The third-order valence-electron chi connectivity index (χ3n) is 4.23. The highest BCUT2D eigenvalue weighted by molar-refractivity contribution is 5.90. The van der Waals surface area contributed by atoms with Gasteiger partial charge in [0.1, 0.15) is 17.2 Å². The third kappa shape index (κ3) is 4.40. The molecule has 0 bridgehead atoms. The second kappa shape index (κ2) is 7.99. The summed E-state index contributed by atoms with van der Waals surface area (Å²) in [6.45, 7) is 3.77. The van der Waals surface area contributed by atoms with Crippen LogP contribution in [0.2, 0.25) is 0 Å². The van der Waals surface area contributed by atoms with Crippen LogP contribution >= 0.6 is 0 Å². The van der Waals surface area contributed by atoms with Crippen LogP contribution in [0.1, 0.15) is 23.4 Å². The smallest absolute Gasteiger partial charge is 0.312 e. The molecule has 2 heterocycles. The van der Waals surface area contributed by atoms with Gasteiger partial charge < -0.3 is 5.32 Å². The number of nitrogens with zero attached hydrogens (tertiary/aromatic N) is 5. The van der Waals surface area contributed by atoms with Crippen LogP contribution in [0.15, 0.2) is 36.7 Å². The Bertz CT molecular complexity index is 1030. The summed E-state index contributed by atoms with van der Waals surface area (Å²) in [6.07, 6.45) is 3.26. The summed E-state index contributed by atoms with van der Waals surface area (Å²) in [5, 5.41) is 22.0. The number of aromatic nitrogens is 4. The number of halogens is 1. The van der Waals surface area contributed by atoms with Crippen molar-refractivity contribution in [2.75, 3.05) is 5.32 Å². The van der Waals surface area contributed by atoms with Gasteiger partial charge in [-0.25, -0.2) is 4.39 Å². The van der Waals surface area contributed by atoms with Gasteiger partial charge in [-0.15, -0.1) is 0 Å². The first-order valence-corrected chi connectivity index (χ1v) is 8.58. The summed E-state index contributed by atoms with van der Waals surface area (Å²) in [5.41, 5.74) is 1.98. The molecule has 3 rings (SSSR count). The maximum absolute atomic E-state index is 13.2. The summed E-state index contributed by atoms with van der Waals surface area (Å²) < 4.78 is 16.3. The molecular weight excluding hydrogens is 367 g/mol. The molecule has 0 radical (unpaired) electrons. The number of benzene rings is 1. The maximum atomic E-state index is 13.2. The summed E-state index contributed by atoms with van der Waals surface area (Å²) >= 11 is 0. The van der Waals surface area contributed by atoms with Crippen molar-refractivity contribution in [3.05, 3.63) is 69.5 Å². The van der Waals surface area contributed by atoms with E-state index in [1.807, 2.05) is 0 Å². The SMILES string of the molecule is Cc1nn(CCC(=O)Nc2cnn(Cc3cccc(F)c3)c2)c(C)c1[N+](=O)[O-]. The summed E-state index contributed by atoms with van der Waals surface area (Å²) in [5.74, 6) is -0.580. The van der Waals surface area contributed by atoms with Crippen LogP contribution in [0.4, 0.5) is 15.8 Å². The first-order chi connectivity index (χ1) is 13.3. The van der Waals surface area contributed by atoms with Gasteiger partial charge in [-0.2, -0.15) is 10.2 Å². The lowest BCUT2D eigenvalue weighted by molar-refractivity contribution is -0.386. The van der Waals surface area contributed by atoms with Crippen molar-refractivity contribution < 1.29 is 14.1 Å². The summed E-state index contributed by atoms with van der Waals surface area (Å²) in [7, 11) is 0. The number of carbonyl (C=O) groups excluding carboxylic acids is 1.